The van der Waals surface area contributed by atoms with Crippen LogP contribution in [-0.4, -0.2) is 34.9 Å². The zero-order valence-corrected chi connectivity index (χ0v) is 22.8. The molecule has 9 atom stereocenters. The first kappa shape index (κ1) is 26.3. The molecule has 35 heavy (non-hydrogen) atoms. The highest BCUT2D eigenvalue weighted by Crippen LogP contribution is 2.72. The summed E-state index contributed by atoms with van der Waals surface area (Å²) in [5, 5.41) is 9.84. The van der Waals surface area contributed by atoms with Gasteiger partial charge >= 0.3 is 5.97 Å². The number of hydrogen-bond donors (Lipinski definition) is 1. The van der Waals surface area contributed by atoms with Gasteiger partial charge in [-0.1, -0.05) is 53.2 Å². The number of ether oxygens (including phenoxy) is 1. The Balaban J connectivity index is 1.81. The van der Waals surface area contributed by atoms with E-state index in [0.717, 1.165) is 24.8 Å². The van der Waals surface area contributed by atoms with E-state index in [4.69, 9.17) is 4.74 Å². The maximum absolute atomic E-state index is 13.6. The lowest BCUT2D eigenvalue weighted by Crippen LogP contribution is -2.64. The minimum Gasteiger partial charge on any atom is -0.462 e. The first-order valence-electron chi connectivity index (χ1n) is 13.5. The van der Waals surface area contributed by atoms with Gasteiger partial charge in [0.15, 0.2) is 11.6 Å². The molecule has 0 saturated heterocycles. The first-order chi connectivity index (χ1) is 16.1. The second kappa shape index (κ2) is 8.39. The van der Waals surface area contributed by atoms with Crippen molar-refractivity contribution in [2.45, 2.75) is 99.7 Å². The van der Waals surface area contributed by atoms with Crippen molar-refractivity contribution in [3.05, 3.63) is 23.8 Å². The van der Waals surface area contributed by atoms with Crippen LogP contribution in [0, 0.1) is 45.3 Å². The van der Waals surface area contributed by atoms with E-state index in [1.54, 1.807) is 13.0 Å². The number of fused-ring (bicyclic) bond motifs is 5. The molecule has 0 aromatic carbocycles. The molecule has 2 saturated carbocycles. The number of hydrogen-bond acceptors (Lipinski definition) is 5. The fourth-order valence-electron chi connectivity index (χ4n) is 9.08. The molecule has 194 valence electrons. The summed E-state index contributed by atoms with van der Waals surface area (Å²) in [5.41, 5.74) is -0.425. The van der Waals surface area contributed by atoms with Crippen LogP contribution in [0.2, 0.25) is 0 Å². The Labute approximate surface area is 210 Å². The van der Waals surface area contributed by atoms with Gasteiger partial charge in [0, 0.05) is 23.7 Å². The Morgan fingerprint density at radius 1 is 1.11 bits per heavy atom. The predicted octanol–water partition coefficient (Wildman–Crippen LogP) is 5.45. The second-order valence-corrected chi connectivity index (χ2v) is 13.3. The Kier molecular flexibility index (Phi) is 6.31. The number of aliphatic hydroxyl groups is 1. The molecular weight excluding hydrogens is 440 g/mol. The highest BCUT2D eigenvalue weighted by molar-refractivity contribution is 5.97. The van der Waals surface area contributed by atoms with Crippen LogP contribution in [0.25, 0.3) is 0 Å². The van der Waals surface area contributed by atoms with Crippen molar-refractivity contribution in [2.75, 3.05) is 0 Å². The van der Waals surface area contributed by atoms with E-state index in [2.05, 4.69) is 33.8 Å². The van der Waals surface area contributed by atoms with Gasteiger partial charge in [-0.2, -0.15) is 0 Å². The number of ketones is 2. The van der Waals surface area contributed by atoms with Crippen LogP contribution in [0.5, 0.6) is 0 Å². The number of aliphatic hydroxyl groups excluding tert-OH is 1. The molecule has 4 rings (SSSR count). The van der Waals surface area contributed by atoms with Crippen molar-refractivity contribution < 1.29 is 24.2 Å². The summed E-state index contributed by atoms with van der Waals surface area (Å²) < 4.78 is 6.09. The molecule has 0 spiro atoms. The molecule has 0 amide bonds. The van der Waals surface area contributed by atoms with Crippen molar-refractivity contribution in [3.8, 4) is 0 Å². The first-order valence-corrected chi connectivity index (χ1v) is 13.5. The molecule has 2 fully saturated rings. The van der Waals surface area contributed by atoms with E-state index >= 15 is 0 Å². The third-order valence-electron chi connectivity index (χ3n) is 10.8. The van der Waals surface area contributed by atoms with Crippen LogP contribution in [0.1, 0.15) is 87.5 Å². The molecule has 0 heterocycles. The third-order valence-corrected chi connectivity index (χ3v) is 10.8. The molecule has 5 nitrogen and oxygen atoms in total. The molecular formula is C30H44O5. The largest absolute Gasteiger partial charge is 0.462 e. The monoisotopic (exact) mass is 484 g/mol. The molecule has 0 bridgehead atoms. The van der Waals surface area contributed by atoms with Crippen molar-refractivity contribution in [3.63, 3.8) is 0 Å². The molecule has 1 N–H and O–H groups in total. The summed E-state index contributed by atoms with van der Waals surface area (Å²) in [6.45, 7) is 16.2. The molecule has 0 radical (unpaired) electrons. The van der Waals surface area contributed by atoms with Gasteiger partial charge in [0.1, 0.15) is 6.10 Å². The molecule has 0 aliphatic heterocycles. The van der Waals surface area contributed by atoms with Gasteiger partial charge in [0.2, 0.25) is 0 Å². The topological polar surface area (TPSA) is 80.7 Å². The SMILES string of the molecule is CC(=O)OC1CC2C(C)(C)C(=O)C=CC2(C)C2CCC3(C)C(=CC(=O)C3C(C)CCC(C)O)C12C. The van der Waals surface area contributed by atoms with Crippen LogP contribution in [0.3, 0.4) is 0 Å². The Bertz CT molecular complexity index is 989. The molecule has 4 aliphatic carbocycles. The van der Waals surface area contributed by atoms with E-state index in [-0.39, 0.29) is 64.2 Å². The lowest BCUT2D eigenvalue weighted by molar-refractivity contribution is -0.188. The van der Waals surface area contributed by atoms with E-state index in [9.17, 15) is 19.5 Å². The van der Waals surface area contributed by atoms with Crippen LogP contribution in [0.15, 0.2) is 23.8 Å². The molecule has 4 aliphatic rings. The Morgan fingerprint density at radius 2 is 1.77 bits per heavy atom. The standard InChI is InChI=1S/C30H44O5/c1-17(9-10-18(2)31)26-20(33)15-23-29(26,7)13-11-21-28(6)14-12-24(34)27(4,5)22(28)16-25(30(21,23)8)35-19(3)32/h12,14-15,17-18,21-22,25-26,31H,9-11,13,16H2,1-8H3. The van der Waals surface area contributed by atoms with E-state index in [1.165, 1.54) is 6.92 Å². The molecule has 9 unspecified atom stereocenters. The molecule has 0 aromatic rings. The molecule has 0 aromatic heterocycles. The van der Waals surface area contributed by atoms with Gasteiger partial charge in [0.05, 0.1) is 6.10 Å². The molecule has 5 heteroatoms. The minimum atomic E-state index is -0.540. The fourth-order valence-corrected chi connectivity index (χ4v) is 9.08. The van der Waals surface area contributed by atoms with Crippen LogP contribution >= 0.6 is 0 Å². The van der Waals surface area contributed by atoms with Crippen LogP contribution < -0.4 is 0 Å². The summed E-state index contributed by atoms with van der Waals surface area (Å²) in [7, 11) is 0. The van der Waals surface area contributed by atoms with E-state index < -0.39 is 10.8 Å². The predicted molar refractivity (Wildman–Crippen MR) is 135 cm³/mol. The van der Waals surface area contributed by atoms with Crippen molar-refractivity contribution >= 4 is 17.5 Å². The summed E-state index contributed by atoms with van der Waals surface area (Å²) in [4.78, 5) is 38.8. The normalized spacial score (nSPS) is 43.5. The highest BCUT2D eigenvalue weighted by Gasteiger charge is 2.69. The quantitative estimate of drug-likeness (QED) is 0.525. The number of allylic oxidation sites excluding steroid dienone is 3. The van der Waals surface area contributed by atoms with Crippen molar-refractivity contribution in [1.82, 2.24) is 0 Å². The maximum atomic E-state index is 13.6. The van der Waals surface area contributed by atoms with Gasteiger partial charge in [0.25, 0.3) is 0 Å². The Hall–Kier alpha value is -1.75. The van der Waals surface area contributed by atoms with Gasteiger partial charge in [-0.15, -0.1) is 0 Å². The summed E-state index contributed by atoms with van der Waals surface area (Å²) in [6, 6.07) is 0. The van der Waals surface area contributed by atoms with E-state index in [1.807, 2.05) is 19.9 Å². The highest BCUT2D eigenvalue weighted by atomic mass is 16.5. The average molecular weight is 485 g/mol. The van der Waals surface area contributed by atoms with Crippen molar-refractivity contribution in [1.29, 1.82) is 0 Å². The lowest BCUT2D eigenvalue weighted by Gasteiger charge is -2.66. The van der Waals surface area contributed by atoms with Gasteiger partial charge in [-0.05, 0) is 79.8 Å². The van der Waals surface area contributed by atoms with Crippen LogP contribution in [0.4, 0.5) is 0 Å². The van der Waals surface area contributed by atoms with Gasteiger partial charge in [-0.25, -0.2) is 0 Å². The van der Waals surface area contributed by atoms with Crippen LogP contribution in [-0.2, 0) is 19.1 Å². The third kappa shape index (κ3) is 3.70. The summed E-state index contributed by atoms with van der Waals surface area (Å²) >= 11 is 0. The maximum Gasteiger partial charge on any atom is 0.302 e. The fraction of sp³-hybridized carbons (Fsp3) is 0.767. The zero-order valence-electron chi connectivity index (χ0n) is 22.8. The minimum absolute atomic E-state index is 0.0535. The average Bonchev–Trinajstić information content (AvgIpc) is 3.02. The lowest BCUT2D eigenvalue weighted by atomic mass is 9.38. The van der Waals surface area contributed by atoms with E-state index in [0.29, 0.717) is 12.8 Å². The zero-order chi connectivity index (χ0) is 26.1. The van der Waals surface area contributed by atoms with Gasteiger partial charge < -0.3 is 9.84 Å². The number of rotatable bonds is 5. The summed E-state index contributed by atoms with van der Waals surface area (Å²) in [6.07, 6.45) is 8.92. The number of esters is 1. The number of carbonyl (C=O) groups is 3. The van der Waals surface area contributed by atoms with Crippen molar-refractivity contribution in [2.24, 2.45) is 45.3 Å². The Morgan fingerprint density at radius 3 is 2.37 bits per heavy atom. The second-order valence-electron chi connectivity index (χ2n) is 13.3. The van der Waals surface area contributed by atoms with Gasteiger partial charge in [-0.3, -0.25) is 14.4 Å². The number of carbonyl (C=O) groups excluding carboxylic acids is 3. The smallest absolute Gasteiger partial charge is 0.302 e. The summed E-state index contributed by atoms with van der Waals surface area (Å²) in [5.74, 6) is 0.226.